The third kappa shape index (κ3) is 9.85. The van der Waals surface area contributed by atoms with E-state index >= 15 is 0 Å². The Kier molecular flexibility index (Phi) is 13.4. The minimum absolute atomic E-state index is 0.0239. The highest BCUT2D eigenvalue weighted by atomic mass is 19.4. The summed E-state index contributed by atoms with van der Waals surface area (Å²) in [6.45, 7) is 15.6. The van der Waals surface area contributed by atoms with Crippen LogP contribution in [0, 0.1) is 10.8 Å². The normalized spacial score (nSPS) is 20.1. The number of nitrogens with zero attached hydrogens (tertiary/aromatic N) is 6. The minimum Gasteiger partial charge on any atom is -0.404 e. The fourth-order valence-electron chi connectivity index (χ4n) is 7.96. The Hall–Kier alpha value is -5.53. The van der Waals surface area contributed by atoms with Crippen LogP contribution < -0.4 is 11.1 Å². The average molecular weight is 814 g/mol. The van der Waals surface area contributed by atoms with E-state index in [0.29, 0.717) is 37.3 Å². The van der Waals surface area contributed by atoms with E-state index in [1.54, 1.807) is 38.9 Å². The lowest BCUT2D eigenvalue weighted by molar-refractivity contribution is -0.141. The predicted octanol–water partition coefficient (Wildman–Crippen LogP) is 8.20. The van der Waals surface area contributed by atoms with Crippen LogP contribution in [0.1, 0.15) is 119 Å². The summed E-state index contributed by atoms with van der Waals surface area (Å²) in [6, 6.07) is 8.12. The zero-order chi connectivity index (χ0) is 43.4. The van der Waals surface area contributed by atoms with E-state index in [4.69, 9.17) is 16.2 Å². The zero-order valence-corrected chi connectivity index (χ0v) is 35.5. The Morgan fingerprint density at radius 3 is 2.49 bits per heavy atom. The first-order valence-corrected chi connectivity index (χ1v) is 20.2. The summed E-state index contributed by atoms with van der Waals surface area (Å²) in [5, 5.41) is 20.1. The van der Waals surface area contributed by atoms with Crippen molar-refractivity contribution in [2.24, 2.45) is 23.2 Å². The van der Waals surface area contributed by atoms with E-state index in [0.717, 1.165) is 50.7 Å². The minimum atomic E-state index is -4.73. The molecular formula is C45H58F3N9O2. The Balaban J connectivity index is 1.37. The van der Waals surface area contributed by atoms with Crippen LogP contribution in [-0.2, 0) is 29.4 Å². The first-order chi connectivity index (χ1) is 27.8. The number of rotatable bonds is 17. The predicted molar refractivity (Wildman–Crippen MR) is 228 cm³/mol. The van der Waals surface area contributed by atoms with Gasteiger partial charge in [0.05, 0.1) is 34.6 Å². The molecule has 1 aromatic carbocycles. The van der Waals surface area contributed by atoms with Gasteiger partial charge in [-0.25, -0.2) is 0 Å². The summed E-state index contributed by atoms with van der Waals surface area (Å²) in [7, 11) is 3.50. The molecule has 2 amide bonds. The van der Waals surface area contributed by atoms with Gasteiger partial charge in [-0.05, 0) is 99.1 Å². The summed E-state index contributed by atoms with van der Waals surface area (Å²) in [4.78, 5) is 34.5. The summed E-state index contributed by atoms with van der Waals surface area (Å²) in [5.74, 6) is -0.319. The van der Waals surface area contributed by atoms with Gasteiger partial charge < -0.3 is 16.0 Å². The molecule has 3 unspecified atom stereocenters. The highest BCUT2D eigenvalue weighted by molar-refractivity contribution is 6.05. The second kappa shape index (κ2) is 17.8. The van der Waals surface area contributed by atoms with Crippen LogP contribution in [0.5, 0.6) is 0 Å². The van der Waals surface area contributed by atoms with E-state index in [2.05, 4.69) is 66.2 Å². The number of allylic oxidation sites excluding steroid dienone is 4. The van der Waals surface area contributed by atoms with E-state index in [1.165, 1.54) is 12.3 Å². The number of aliphatic imine (C=N–C) groups is 1. The molecule has 2 aliphatic rings. The first kappa shape index (κ1) is 44.6. The molecule has 1 aliphatic heterocycles. The number of nitrogens with one attached hydrogen (secondary N) is 2. The van der Waals surface area contributed by atoms with E-state index < -0.39 is 34.8 Å². The number of carbonyl (C=O) groups excluding carboxylic acids is 2. The number of aromatic nitrogens is 4. The molecule has 316 valence electrons. The molecule has 59 heavy (non-hydrogen) atoms. The van der Waals surface area contributed by atoms with E-state index in [1.807, 2.05) is 30.9 Å². The van der Waals surface area contributed by atoms with Gasteiger partial charge in [-0.2, -0.15) is 23.4 Å². The molecule has 1 saturated carbocycles. The van der Waals surface area contributed by atoms with Crippen molar-refractivity contribution in [3.8, 4) is 0 Å². The molecule has 3 aromatic rings. The van der Waals surface area contributed by atoms with Crippen molar-refractivity contribution >= 4 is 35.4 Å². The van der Waals surface area contributed by atoms with Crippen molar-refractivity contribution in [3.05, 3.63) is 106 Å². The Morgan fingerprint density at radius 2 is 1.90 bits per heavy atom. The van der Waals surface area contributed by atoms with E-state index in [-0.39, 0.29) is 36.2 Å². The number of halogens is 3. The standard InChI is InChI=1S/C45H58F3N9O2/c1-10-28(4)19-36(50)37-22-39(45(46,47)48)53-57(37)27-43(6,7)52-41(58)38(20-30(24-49)25-51-8)56-18-17-44(42(56)59)23-35(44)33-15-13-32(14-16-33)31(12-3)21-34-26-55(9)54-40(34)29(5)11-2/h12-16,19,21-22,24-26,29,35,38,50H,3,10-11,17-18,20,23,27,49H2,1-2,4-9H3,(H,52,58)/b28-19?,30-24-,31-21+,50-36?,51-25?/t29?,35?,38?,44-/m0/s1. The van der Waals surface area contributed by atoms with Crippen molar-refractivity contribution in [3.63, 3.8) is 0 Å². The number of alkyl halides is 3. The number of nitrogens with two attached hydrogens (primary N) is 1. The molecule has 2 aromatic heterocycles. The molecule has 5 rings (SSSR count). The zero-order valence-electron chi connectivity index (χ0n) is 35.5. The van der Waals surface area contributed by atoms with Crippen LogP contribution in [0.15, 0.2) is 77.6 Å². The smallest absolute Gasteiger partial charge is 0.404 e. The maximum Gasteiger partial charge on any atom is 0.435 e. The molecule has 1 spiro atoms. The number of likely N-dealkylation sites (tertiary alicyclic amines) is 1. The lowest BCUT2D eigenvalue weighted by Crippen LogP contribution is -2.55. The second-order valence-corrected chi connectivity index (χ2v) is 16.6. The second-order valence-electron chi connectivity index (χ2n) is 16.6. The third-order valence-corrected chi connectivity index (χ3v) is 11.6. The molecule has 4 atom stereocenters. The third-order valence-electron chi connectivity index (χ3n) is 11.6. The molecule has 11 nitrogen and oxygen atoms in total. The van der Waals surface area contributed by atoms with Crippen molar-refractivity contribution < 1.29 is 22.8 Å². The molecule has 1 aliphatic carbocycles. The summed E-state index contributed by atoms with van der Waals surface area (Å²) in [5.41, 5.74) is 9.33. The Labute approximate surface area is 345 Å². The van der Waals surface area contributed by atoms with Gasteiger partial charge in [0, 0.05) is 51.0 Å². The van der Waals surface area contributed by atoms with Gasteiger partial charge in [-0.1, -0.05) is 63.3 Å². The lowest BCUT2D eigenvalue weighted by atomic mass is 9.94. The van der Waals surface area contributed by atoms with Crippen LogP contribution in [0.25, 0.3) is 11.6 Å². The van der Waals surface area contributed by atoms with Gasteiger partial charge >= 0.3 is 6.18 Å². The number of hydrogen-bond donors (Lipinski definition) is 3. The van der Waals surface area contributed by atoms with Gasteiger partial charge in [-0.15, -0.1) is 0 Å². The molecule has 0 radical (unpaired) electrons. The summed E-state index contributed by atoms with van der Waals surface area (Å²) < 4.78 is 44.4. The average Bonchev–Trinajstić information content (AvgIpc) is 3.37. The summed E-state index contributed by atoms with van der Waals surface area (Å²) >= 11 is 0. The number of carbonyl (C=O) groups is 2. The van der Waals surface area contributed by atoms with Gasteiger partial charge in [0.15, 0.2) is 5.69 Å². The quantitative estimate of drug-likeness (QED) is 0.0929. The van der Waals surface area contributed by atoms with Gasteiger partial charge in [0.25, 0.3) is 0 Å². The number of benzene rings is 1. The largest absolute Gasteiger partial charge is 0.435 e. The molecule has 14 heteroatoms. The highest BCUT2D eigenvalue weighted by Gasteiger charge is 2.65. The number of amides is 2. The van der Waals surface area contributed by atoms with Crippen molar-refractivity contribution in [1.82, 2.24) is 29.8 Å². The highest BCUT2D eigenvalue weighted by Crippen LogP contribution is 2.65. The van der Waals surface area contributed by atoms with Crippen LogP contribution in [0.2, 0.25) is 0 Å². The monoisotopic (exact) mass is 813 g/mol. The Bertz CT molecular complexity index is 2190. The molecule has 0 bridgehead atoms. The van der Waals surface area contributed by atoms with Crippen LogP contribution >= 0.6 is 0 Å². The molecule has 1 saturated heterocycles. The maximum atomic E-state index is 14.5. The first-order valence-electron chi connectivity index (χ1n) is 20.2. The molecule has 3 heterocycles. The SMILES string of the molecule is C=C/C(=C\c1cn(C)nc1C(C)CC)c1ccc(C2C[C@@]23CCN(C(C/C(C=NC)=C/N)C(=O)NC(C)(C)Cn2nc(C(F)(F)F)cc2C(=N)C=C(C)CC)C3=O)cc1. The van der Waals surface area contributed by atoms with Gasteiger partial charge in [-0.3, -0.25) is 29.4 Å². The van der Waals surface area contributed by atoms with Gasteiger partial charge in [0.1, 0.15) is 6.04 Å². The lowest BCUT2D eigenvalue weighted by Gasteiger charge is -2.33. The molecule has 4 N–H and O–H groups in total. The van der Waals surface area contributed by atoms with E-state index in [9.17, 15) is 22.8 Å². The molecule has 2 fully saturated rings. The van der Waals surface area contributed by atoms with Gasteiger partial charge in [0.2, 0.25) is 11.8 Å². The van der Waals surface area contributed by atoms with Crippen LogP contribution in [0.4, 0.5) is 13.2 Å². The van der Waals surface area contributed by atoms with Crippen molar-refractivity contribution in [1.29, 1.82) is 5.41 Å². The van der Waals surface area contributed by atoms with Crippen molar-refractivity contribution in [2.75, 3.05) is 13.6 Å². The maximum absolute atomic E-state index is 14.5. The fraction of sp³-hybridized carbons (Fsp3) is 0.467. The van der Waals surface area contributed by atoms with Crippen molar-refractivity contribution in [2.45, 2.75) is 110 Å². The number of hydrogen-bond acceptors (Lipinski definition) is 7. The Morgan fingerprint density at radius 1 is 1.20 bits per heavy atom. The molecular weight excluding hydrogens is 756 g/mol. The van der Waals surface area contributed by atoms with Crippen LogP contribution in [0.3, 0.4) is 0 Å². The van der Waals surface area contributed by atoms with Crippen LogP contribution in [-0.4, -0.2) is 73.4 Å². The fourth-order valence-corrected chi connectivity index (χ4v) is 7.96. The summed E-state index contributed by atoms with van der Waals surface area (Å²) in [6.07, 6.45) is 8.54. The number of aryl methyl sites for hydroxylation is 1. The topological polar surface area (TPSA) is 147 Å².